The second kappa shape index (κ2) is 6.43. The Bertz CT molecular complexity index is 619. The number of hydrogen-bond acceptors (Lipinski definition) is 5. The van der Waals surface area contributed by atoms with Crippen LogP contribution in [0.5, 0.6) is 0 Å². The molecular weight excluding hydrogens is 274 g/mol. The van der Waals surface area contributed by atoms with Crippen molar-refractivity contribution in [3.63, 3.8) is 0 Å². The van der Waals surface area contributed by atoms with E-state index < -0.39 is 5.97 Å². The summed E-state index contributed by atoms with van der Waals surface area (Å²) in [6.45, 7) is 3.42. The Morgan fingerprint density at radius 1 is 1.25 bits per heavy atom. The van der Waals surface area contributed by atoms with Gasteiger partial charge in [-0.1, -0.05) is 30.3 Å². The molecule has 0 bridgehead atoms. The zero-order chi connectivity index (χ0) is 14.5. The standard InChI is InChI=1S/C15H15NO3S/c1-3-19-15(18)13-14(10(2)17)20-12(16-13)9-11-7-5-4-6-8-11/h4-8H,3,9H2,1-2H3. The fourth-order valence-corrected chi connectivity index (χ4v) is 2.77. The van der Waals surface area contributed by atoms with E-state index in [1.54, 1.807) is 6.92 Å². The van der Waals surface area contributed by atoms with Gasteiger partial charge in [0.15, 0.2) is 11.5 Å². The van der Waals surface area contributed by atoms with Crippen molar-refractivity contribution in [1.29, 1.82) is 0 Å². The Morgan fingerprint density at radius 3 is 2.55 bits per heavy atom. The number of ketones is 1. The average molecular weight is 289 g/mol. The number of hydrogen-bond donors (Lipinski definition) is 0. The SMILES string of the molecule is CCOC(=O)c1nc(Cc2ccccc2)sc1C(C)=O. The Labute approximate surface area is 121 Å². The van der Waals surface area contributed by atoms with E-state index in [0.717, 1.165) is 10.6 Å². The lowest BCUT2D eigenvalue weighted by Gasteiger charge is -1.99. The molecule has 0 N–H and O–H groups in total. The third-order valence-electron chi connectivity index (χ3n) is 2.66. The Morgan fingerprint density at radius 2 is 1.95 bits per heavy atom. The van der Waals surface area contributed by atoms with Gasteiger partial charge in [0.05, 0.1) is 11.6 Å². The molecule has 1 aromatic carbocycles. The van der Waals surface area contributed by atoms with E-state index in [2.05, 4.69) is 4.98 Å². The molecule has 1 heterocycles. The number of carbonyl (C=O) groups excluding carboxylic acids is 2. The van der Waals surface area contributed by atoms with Crippen LogP contribution in [-0.4, -0.2) is 23.3 Å². The van der Waals surface area contributed by atoms with Gasteiger partial charge in [-0.05, 0) is 12.5 Å². The molecule has 2 rings (SSSR count). The highest BCUT2D eigenvalue weighted by Crippen LogP contribution is 2.22. The minimum Gasteiger partial charge on any atom is -0.461 e. The van der Waals surface area contributed by atoms with Crippen molar-refractivity contribution in [3.8, 4) is 0 Å². The molecule has 0 amide bonds. The van der Waals surface area contributed by atoms with E-state index in [-0.39, 0.29) is 18.1 Å². The number of Topliss-reactive ketones (excluding diaryl/α,β-unsaturated/α-hetero) is 1. The Balaban J connectivity index is 2.29. The summed E-state index contributed by atoms with van der Waals surface area (Å²) in [4.78, 5) is 28.0. The maximum atomic E-state index is 11.8. The number of rotatable bonds is 5. The second-order valence-corrected chi connectivity index (χ2v) is 5.31. The van der Waals surface area contributed by atoms with Crippen molar-refractivity contribution >= 4 is 23.1 Å². The van der Waals surface area contributed by atoms with Gasteiger partial charge in [-0.15, -0.1) is 11.3 Å². The van der Waals surface area contributed by atoms with Crippen molar-refractivity contribution in [2.75, 3.05) is 6.61 Å². The Hall–Kier alpha value is -2.01. The monoisotopic (exact) mass is 289 g/mol. The first-order valence-corrected chi connectivity index (χ1v) is 7.15. The van der Waals surface area contributed by atoms with Gasteiger partial charge < -0.3 is 4.74 Å². The first-order chi connectivity index (χ1) is 9.61. The van der Waals surface area contributed by atoms with Gasteiger partial charge in [0.25, 0.3) is 0 Å². The lowest BCUT2D eigenvalue weighted by molar-refractivity contribution is 0.0517. The van der Waals surface area contributed by atoms with Crippen LogP contribution >= 0.6 is 11.3 Å². The van der Waals surface area contributed by atoms with E-state index in [9.17, 15) is 9.59 Å². The summed E-state index contributed by atoms with van der Waals surface area (Å²) in [6, 6.07) is 9.80. The van der Waals surface area contributed by atoms with Crippen LogP contribution in [0.4, 0.5) is 0 Å². The molecule has 4 nitrogen and oxygen atoms in total. The number of nitrogens with zero attached hydrogens (tertiary/aromatic N) is 1. The summed E-state index contributed by atoms with van der Waals surface area (Å²) in [7, 11) is 0. The summed E-state index contributed by atoms with van der Waals surface area (Å²) in [5.74, 6) is -0.696. The maximum absolute atomic E-state index is 11.8. The molecule has 0 saturated heterocycles. The lowest BCUT2D eigenvalue weighted by atomic mass is 10.2. The van der Waals surface area contributed by atoms with Gasteiger partial charge in [-0.3, -0.25) is 4.79 Å². The zero-order valence-electron chi connectivity index (χ0n) is 11.4. The molecule has 104 valence electrons. The Kier molecular flexibility index (Phi) is 4.63. The van der Waals surface area contributed by atoms with Gasteiger partial charge in [-0.25, -0.2) is 9.78 Å². The molecule has 1 aromatic heterocycles. The molecule has 0 aliphatic heterocycles. The first kappa shape index (κ1) is 14.4. The molecule has 0 spiro atoms. The van der Waals surface area contributed by atoms with Crippen molar-refractivity contribution in [3.05, 3.63) is 51.5 Å². The van der Waals surface area contributed by atoms with Crippen molar-refractivity contribution in [2.45, 2.75) is 20.3 Å². The van der Waals surface area contributed by atoms with Gasteiger partial charge >= 0.3 is 5.97 Å². The number of aromatic nitrogens is 1. The predicted octanol–water partition coefficient (Wildman–Crippen LogP) is 3.11. The van der Waals surface area contributed by atoms with E-state index in [1.807, 2.05) is 30.3 Å². The largest absolute Gasteiger partial charge is 0.461 e. The first-order valence-electron chi connectivity index (χ1n) is 6.33. The van der Waals surface area contributed by atoms with Crippen LogP contribution < -0.4 is 0 Å². The molecule has 0 unspecified atom stereocenters. The summed E-state index contributed by atoms with van der Waals surface area (Å²) < 4.78 is 4.94. The highest BCUT2D eigenvalue weighted by Gasteiger charge is 2.22. The fraction of sp³-hybridized carbons (Fsp3) is 0.267. The minimum absolute atomic E-state index is 0.135. The number of benzene rings is 1. The number of carbonyl (C=O) groups is 2. The molecule has 0 saturated carbocycles. The van der Waals surface area contributed by atoms with E-state index >= 15 is 0 Å². The summed E-state index contributed by atoms with van der Waals surface area (Å²) in [5.41, 5.74) is 1.22. The molecule has 2 aromatic rings. The van der Waals surface area contributed by atoms with Crippen LogP contribution in [0.15, 0.2) is 30.3 Å². The zero-order valence-corrected chi connectivity index (χ0v) is 12.2. The summed E-state index contributed by atoms with van der Waals surface area (Å²) >= 11 is 1.26. The van der Waals surface area contributed by atoms with Crippen molar-refractivity contribution in [2.24, 2.45) is 0 Å². The molecule has 0 aliphatic rings. The molecule has 5 heteroatoms. The highest BCUT2D eigenvalue weighted by molar-refractivity contribution is 7.14. The van der Waals surface area contributed by atoms with Gasteiger partial charge in [0, 0.05) is 13.3 Å². The minimum atomic E-state index is -0.534. The van der Waals surface area contributed by atoms with Crippen molar-refractivity contribution < 1.29 is 14.3 Å². The lowest BCUT2D eigenvalue weighted by Crippen LogP contribution is -2.09. The highest BCUT2D eigenvalue weighted by atomic mass is 32.1. The molecule has 20 heavy (non-hydrogen) atoms. The number of esters is 1. The number of thiazole rings is 1. The van der Waals surface area contributed by atoms with E-state index in [0.29, 0.717) is 11.3 Å². The smallest absolute Gasteiger partial charge is 0.358 e. The summed E-state index contributed by atoms with van der Waals surface area (Å²) in [5, 5.41) is 0.740. The topological polar surface area (TPSA) is 56.3 Å². The predicted molar refractivity (Wildman–Crippen MR) is 77.3 cm³/mol. The van der Waals surface area contributed by atoms with Crippen LogP contribution in [0.1, 0.15) is 44.6 Å². The van der Waals surface area contributed by atoms with E-state index in [1.165, 1.54) is 18.3 Å². The quantitative estimate of drug-likeness (QED) is 0.627. The fourth-order valence-electron chi connectivity index (χ4n) is 1.79. The molecular formula is C15H15NO3S. The third kappa shape index (κ3) is 3.30. The summed E-state index contributed by atoms with van der Waals surface area (Å²) in [6.07, 6.45) is 0.602. The van der Waals surface area contributed by atoms with Crippen LogP contribution in [-0.2, 0) is 11.2 Å². The van der Waals surface area contributed by atoms with Crippen LogP contribution in [0.2, 0.25) is 0 Å². The molecule has 0 fully saturated rings. The maximum Gasteiger partial charge on any atom is 0.358 e. The second-order valence-electron chi connectivity index (χ2n) is 4.22. The van der Waals surface area contributed by atoms with Gasteiger partial charge in [0.2, 0.25) is 0 Å². The third-order valence-corrected chi connectivity index (χ3v) is 3.81. The van der Waals surface area contributed by atoms with Crippen LogP contribution in [0.25, 0.3) is 0 Å². The number of ether oxygens (including phenoxy) is 1. The van der Waals surface area contributed by atoms with Gasteiger partial charge in [-0.2, -0.15) is 0 Å². The average Bonchev–Trinajstić information content (AvgIpc) is 2.84. The van der Waals surface area contributed by atoms with Crippen molar-refractivity contribution in [1.82, 2.24) is 4.98 Å². The normalized spacial score (nSPS) is 10.3. The van der Waals surface area contributed by atoms with Gasteiger partial charge in [0.1, 0.15) is 4.88 Å². The van der Waals surface area contributed by atoms with E-state index in [4.69, 9.17) is 4.74 Å². The molecule has 0 atom stereocenters. The molecule has 0 aliphatic carbocycles. The molecule has 0 radical (unpaired) electrons. The van der Waals surface area contributed by atoms with Crippen LogP contribution in [0.3, 0.4) is 0 Å². The van der Waals surface area contributed by atoms with Crippen LogP contribution in [0, 0.1) is 0 Å².